The third-order valence-corrected chi connectivity index (χ3v) is 3.55. The fraction of sp³-hybridized carbons (Fsp3) is 0.263. The van der Waals surface area contributed by atoms with Crippen molar-refractivity contribution >= 4 is 17.5 Å². The molecule has 0 fully saturated rings. The number of anilines is 1. The summed E-state index contributed by atoms with van der Waals surface area (Å²) in [5, 5.41) is 5.15. The van der Waals surface area contributed by atoms with Gasteiger partial charge in [-0.3, -0.25) is 9.59 Å². The molecule has 0 bridgehead atoms. The highest BCUT2D eigenvalue weighted by molar-refractivity contribution is 5.99. The van der Waals surface area contributed by atoms with Gasteiger partial charge in [-0.1, -0.05) is 32.9 Å². The summed E-state index contributed by atoms with van der Waals surface area (Å²) in [5.74, 6) is -1.06. The normalized spacial score (nSPS) is 11.0. The van der Waals surface area contributed by atoms with E-state index in [4.69, 9.17) is 0 Å². The summed E-state index contributed by atoms with van der Waals surface area (Å²) in [6.45, 7) is 6.14. The van der Waals surface area contributed by atoms with Crippen LogP contribution in [0, 0.1) is 5.82 Å². The first-order valence-corrected chi connectivity index (χ1v) is 7.70. The van der Waals surface area contributed by atoms with Gasteiger partial charge in [0.25, 0.3) is 5.91 Å². The molecule has 126 valence electrons. The summed E-state index contributed by atoms with van der Waals surface area (Å²) < 4.78 is 12.8. The van der Waals surface area contributed by atoms with Crippen LogP contribution in [0.15, 0.2) is 48.5 Å². The predicted octanol–water partition coefficient (Wildman–Crippen LogP) is 3.49. The molecule has 2 aromatic carbocycles. The molecule has 0 unspecified atom stereocenters. The molecule has 0 spiro atoms. The van der Waals surface area contributed by atoms with E-state index in [0.717, 1.165) is 5.56 Å². The molecule has 24 heavy (non-hydrogen) atoms. The summed E-state index contributed by atoms with van der Waals surface area (Å²) in [5.41, 5.74) is 2.13. The Kier molecular flexibility index (Phi) is 5.34. The second-order valence-electron chi connectivity index (χ2n) is 6.57. The van der Waals surface area contributed by atoms with Gasteiger partial charge in [-0.25, -0.2) is 4.39 Å². The minimum atomic E-state index is -0.375. The zero-order valence-electron chi connectivity index (χ0n) is 14.0. The standard InChI is InChI=1S/C19H21FN2O2/c1-19(2,3)14-6-4-13(5-7-14)18(24)21-12-17(23)22-16-10-8-15(20)9-11-16/h4-11H,12H2,1-3H3,(H,21,24)(H,22,23). The second-order valence-corrected chi connectivity index (χ2v) is 6.57. The Morgan fingerprint density at radius 2 is 1.54 bits per heavy atom. The molecule has 0 aliphatic rings. The molecule has 0 atom stereocenters. The molecule has 2 amide bonds. The topological polar surface area (TPSA) is 58.2 Å². The lowest BCUT2D eigenvalue weighted by molar-refractivity contribution is -0.115. The smallest absolute Gasteiger partial charge is 0.251 e. The third-order valence-electron chi connectivity index (χ3n) is 3.55. The SMILES string of the molecule is CC(C)(C)c1ccc(C(=O)NCC(=O)Nc2ccc(F)cc2)cc1. The molecule has 2 N–H and O–H groups in total. The highest BCUT2D eigenvalue weighted by Crippen LogP contribution is 2.22. The van der Waals surface area contributed by atoms with Gasteiger partial charge in [0.2, 0.25) is 5.91 Å². The number of hydrogen-bond acceptors (Lipinski definition) is 2. The van der Waals surface area contributed by atoms with Gasteiger partial charge in [-0.15, -0.1) is 0 Å². The molecule has 2 rings (SSSR count). The average Bonchev–Trinajstić information content (AvgIpc) is 2.54. The Labute approximate surface area is 141 Å². The molecule has 4 nitrogen and oxygen atoms in total. The Hall–Kier alpha value is -2.69. The number of carbonyl (C=O) groups excluding carboxylic acids is 2. The van der Waals surface area contributed by atoms with E-state index >= 15 is 0 Å². The average molecular weight is 328 g/mol. The quantitative estimate of drug-likeness (QED) is 0.902. The van der Waals surface area contributed by atoms with Gasteiger partial charge in [0.15, 0.2) is 0 Å². The fourth-order valence-corrected chi connectivity index (χ4v) is 2.12. The van der Waals surface area contributed by atoms with Crippen molar-refractivity contribution < 1.29 is 14.0 Å². The summed E-state index contributed by atoms with van der Waals surface area (Å²) in [6.07, 6.45) is 0. The predicted molar refractivity (Wildman–Crippen MR) is 92.5 cm³/mol. The van der Waals surface area contributed by atoms with Crippen LogP contribution >= 0.6 is 0 Å². The Bertz CT molecular complexity index is 717. The van der Waals surface area contributed by atoms with E-state index < -0.39 is 0 Å². The number of halogens is 1. The number of hydrogen-bond donors (Lipinski definition) is 2. The number of amides is 2. The van der Waals surface area contributed by atoms with E-state index in [0.29, 0.717) is 11.3 Å². The van der Waals surface area contributed by atoms with Gasteiger partial charge in [0.05, 0.1) is 6.54 Å². The Morgan fingerprint density at radius 3 is 2.08 bits per heavy atom. The van der Waals surface area contributed by atoms with Crippen LogP contribution in [-0.2, 0) is 10.2 Å². The van der Waals surface area contributed by atoms with Crippen molar-refractivity contribution in [2.75, 3.05) is 11.9 Å². The zero-order valence-corrected chi connectivity index (χ0v) is 14.0. The molecule has 2 aromatic rings. The van der Waals surface area contributed by atoms with Crippen LogP contribution in [0.5, 0.6) is 0 Å². The van der Waals surface area contributed by atoms with Crippen LogP contribution in [0.3, 0.4) is 0 Å². The van der Waals surface area contributed by atoms with Crippen LogP contribution < -0.4 is 10.6 Å². The first kappa shape index (κ1) is 17.7. The van der Waals surface area contributed by atoms with Crippen molar-refractivity contribution in [1.29, 1.82) is 0 Å². The van der Waals surface area contributed by atoms with Gasteiger partial charge in [-0.2, -0.15) is 0 Å². The number of benzene rings is 2. The maximum absolute atomic E-state index is 12.8. The lowest BCUT2D eigenvalue weighted by Crippen LogP contribution is -2.32. The second kappa shape index (κ2) is 7.25. The molecule has 0 saturated carbocycles. The van der Waals surface area contributed by atoms with Crippen LogP contribution in [-0.4, -0.2) is 18.4 Å². The third kappa shape index (κ3) is 4.91. The molecule has 0 aromatic heterocycles. The van der Waals surface area contributed by atoms with E-state index in [1.807, 2.05) is 12.1 Å². The lowest BCUT2D eigenvalue weighted by Gasteiger charge is -2.19. The van der Waals surface area contributed by atoms with Crippen molar-refractivity contribution in [3.63, 3.8) is 0 Å². The number of nitrogens with one attached hydrogen (secondary N) is 2. The molecule has 0 radical (unpaired) electrons. The van der Waals surface area contributed by atoms with Gasteiger partial charge in [0, 0.05) is 11.3 Å². The van der Waals surface area contributed by atoms with E-state index in [9.17, 15) is 14.0 Å². The maximum Gasteiger partial charge on any atom is 0.251 e. The van der Waals surface area contributed by atoms with Crippen molar-refractivity contribution in [1.82, 2.24) is 5.32 Å². The van der Waals surface area contributed by atoms with E-state index in [2.05, 4.69) is 31.4 Å². The molecular weight excluding hydrogens is 307 g/mol. The summed E-state index contributed by atoms with van der Waals surface area (Å²) in [4.78, 5) is 23.9. The van der Waals surface area contributed by atoms with Crippen LogP contribution in [0.2, 0.25) is 0 Å². The van der Waals surface area contributed by atoms with Gasteiger partial charge in [-0.05, 0) is 47.4 Å². The summed E-state index contributed by atoms with van der Waals surface area (Å²) in [6, 6.07) is 12.7. The van der Waals surface area contributed by atoms with E-state index in [-0.39, 0.29) is 29.6 Å². The monoisotopic (exact) mass is 328 g/mol. The van der Waals surface area contributed by atoms with E-state index in [1.54, 1.807) is 12.1 Å². The number of rotatable bonds is 4. The van der Waals surface area contributed by atoms with Crippen molar-refractivity contribution in [2.24, 2.45) is 0 Å². The van der Waals surface area contributed by atoms with Gasteiger partial charge >= 0.3 is 0 Å². The summed E-state index contributed by atoms with van der Waals surface area (Å²) >= 11 is 0. The van der Waals surface area contributed by atoms with Crippen molar-refractivity contribution in [3.8, 4) is 0 Å². The summed E-state index contributed by atoms with van der Waals surface area (Å²) in [7, 11) is 0. The minimum absolute atomic E-state index is 0.0179. The maximum atomic E-state index is 12.8. The minimum Gasteiger partial charge on any atom is -0.343 e. The molecular formula is C19H21FN2O2. The fourth-order valence-electron chi connectivity index (χ4n) is 2.12. The van der Waals surface area contributed by atoms with Gasteiger partial charge < -0.3 is 10.6 Å². The Morgan fingerprint density at radius 1 is 0.958 bits per heavy atom. The number of carbonyl (C=O) groups is 2. The van der Waals surface area contributed by atoms with Crippen molar-refractivity contribution in [3.05, 3.63) is 65.5 Å². The largest absolute Gasteiger partial charge is 0.343 e. The van der Waals surface area contributed by atoms with Crippen LogP contribution in [0.4, 0.5) is 10.1 Å². The van der Waals surface area contributed by atoms with Crippen LogP contribution in [0.25, 0.3) is 0 Å². The molecule has 0 aliphatic carbocycles. The first-order valence-electron chi connectivity index (χ1n) is 7.70. The molecule has 5 heteroatoms. The highest BCUT2D eigenvalue weighted by atomic mass is 19.1. The molecule has 0 saturated heterocycles. The van der Waals surface area contributed by atoms with Crippen molar-refractivity contribution in [2.45, 2.75) is 26.2 Å². The molecule has 0 aliphatic heterocycles. The van der Waals surface area contributed by atoms with Crippen LogP contribution in [0.1, 0.15) is 36.7 Å². The Balaban J connectivity index is 1.88. The first-order chi connectivity index (χ1) is 11.3. The van der Waals surface area contributed by atoms with E-state index in [1.165, 1.54) is 24.3 Å². The lowest BCUT2D eigenvalue weighted by atomic mass is 9.87. The van der Waals surface area contributed by atoms with Gasteiger partial charge in [0.1, 0.15) is 5.82 Å². The molecule has 0 heterocycles. The highest BCUT2D eigenvalue weighted by Gasteiger charge is 2.14. The zero-order chi connectivity index (χ0) is 17.7.